The first-order valence-corrected chi connectivity index (χ1v) is 12.0. The van der Waals surface area contributed by atoms with Crippen LogP contribution < -0.4 is 5.32 Å². The number of benzene rings is 2. The van der Waals surface area contributed by atoms with Gasteiger partial charge in [-0.15, -0.1) is 10.2 Å². The molecule has 0 aliphatic rings. The van der Waals surface area contributed by atoms with E-state index in [-0.39, 0.29) is 11.7 Å². The Hall–Kier alpha value is -3.45. The molecule has 33 heavy (non-hydrogen) atoms. The van der Waals surface area contributed by atoms with Gasteiger partial charge in [-0.05, 0) is 61.2 Å². The Morgan fingerprint density at radius 2 is 1.70 bits per heavy atom. The minimum atomic E-state index is -0.0831. The standard InChI is InChI=1S/C26H27N5OS/c1-4-19(3)20-7-9-22(10-8-20)28-24(32)17-33-26-30-29-25(21-13-15-27-16-14-21)31(26)23-11-5-18(2)6-12-23/h5-16,19H,4,17H2,1-3H3,(H,28,32). The zero-order valence-corrected chi connectivity index (χ0v) is 19.8. The molecule has 6 nitrogen and oxygen atoms in total. The molecule has 0 aliphatic carbocycles. The Morgan fingerprint density at radius 1 is 1.00 bits per heavy atom. The van der Waals surface area contributed by atoms with Gasteiger partial charge in [-0.2, -0.15) is 0 Å². The van der Waals surface area contributed by atoms with Crippen molar-refractivity contribution in [3.8, 4) is 17.1 Å². The number of anilines is 1. The molecule has 1 N–H and O–H groups in total. The zero-order valence-electron chi connectivity index (χ0n) is 19.0. The Kier molecular flexibility index (Phi) is 7.19. The SMILES string of the molecule is CCC(C)c1ccc(NC(=O)CSc2nnc(-c3ccncc3)n2-c2ccc(C)cc2)cc1. The fraction of sp³-hybridized carbons (Fsp3) is 0.231. The Morgan fingerprint density at radius 3 is 2.36 bits per heavy atom. The molecule has 0 bridgehead atoms. The number of nitrogens with zero attached hydrogens (tertiary/aromatic N) is 4. The summed E-state index contributed by atoms with van der Waals surface area (Å²) in [4.78, 5) is 16.7. The van der Waals surface area contributed by atoms with Crippen molar-refractivity contribution in [2.45, 2.75) is 38.3 Å². The van der Waals surface area contributed by atoms with Crippen molar-refractivity contribution in [3.05, 3.63) is 84.2 Å². The van der Waals surface area contributed by atoms with Crippen molar-refractivity contribution in [1.82, 2.24) is 19.7 Å². The average molecular weight is 458 g/mol. The molecule has 0 saturated heterocycles. The second-order valence-corrected chi connectivity index (χ2v) is 8.92. The number of hydrogen-bond acceptors (Lipinski definition) is 5. The predicted molar refractivity (Wildman–Crippen MR) is 134 cm³/mol. The van der Waals surface area contributed by atoms with Gasteiger partial charge >= 0.3 is 0 Å². The Balaban J connectivity index is 1.51. The number of nitrogens with one attached hydrogen (secondary N) is 1. The number of carbonyl (C=O) groups is 1. The van der Waals surface area contributed by atoms with E-state index in [0.717, 1.165) is 23.4 Å². The van der Waals surface area contributed by atoms with Crippen LogP contribution in [0.5, 0.6) is 0 Å². The highest BCUT2D eigenvalue weighted by atomic mass is 32.2. The van der Waals surface area contributed by atoms with Crippen LogP contribution in [-0.2, 0) is 4.79 Å². The Bertz CT molecular complexity index is 1200. The third kappa shape index (κ3) is 5.49. The summed E-state index contributed by atoms with van der Waals surface area (Å²) < 4.78 is 1.98. The molecule has 0 aliphatic heterocycles. The van der Waals surface area contributed by atoms with E-state index >= 15 is 0 Å². The molecule has 1 unspecified atom stereocenters. The van der Waals surface area contributed by atoms with Crippen LogP contribution in [0.15, 0.2) is 78.2 Å². The van der Waals surface area contributed by atoms with E-state index in [1.807, 2.05) is 41.0 Å². The van der Waals surface area contributed by atoms with Crippen molar-refractivity contribution < 1.29 is 4.79 Å². The lowest BCUT2D eigenvalue weighted by molar-refractivity contribution is -0.113. The zero-order chi connectivity index (χ0) is 23.2. The van der Waals surface area contributed by atoms with E-state index in [0.29, 0.717) is 16.9 Å². The van der Waals surface area contributed by atoms with E-state index in [1.165, 1.54) is 22.9 Å². The highest BCUT2D eigenvalue weighted by molar-refractivity contribution is 7.99. The summed E-state index contributed by atoms with van der Waals surface area (Å²) in [6, 6.07) is 20.0. The first-order valence-electron chi connectivity index (χ1n) is 11.0. The number of carbonyl (C=O) groups excluding carboxylic acids is 1. The second kappa shape index (κ2) is 10.4. The van der Waals surface area contributed by atoms with Crippen molar-refractivity contribution in [2.24, 2.45) is 0 Å². The molecular formula is C26H27N5OS. The fourth-order valence-electron chi connectivity index (χ4n) is 3.44. The van der Waals surface area contributed by atoms with Gasteiger partial charge in [0.25, 0.3) is 0 Å². The number of aromatic nitrogens is 4. The minimum Gasteiger partial charge on any atom is -0.325 e. The number of rotatable bonds is 8. The summed E-state index contributed by atoms with van der Waals surface area (Å²) in [5.41, 5.74) is 5.10. The first-order chi connectivity index (χ1) is 16.0. The monoisotopic (exact) mass is 457 g/mol. The number of thioether (sulfide) groups is 1. The van der Waals surface area contributed by atoms with Crippen molar-refractivity contribution in [2.75, 3.05) is 11.1 Å². The molecule has 2 aromatic heterocycles. The molecule has 0 fully saturated rings. The average Bonchev–Trinajstić information content (AvgIpc) is 3.28. The van der Waals surface area contributed by atoms with E-state index in [1.54, 1.807) is 12.4 Å². The van der Waals surface area contributed by atoms with Gasteiger partial charge in [-0.3, -0.25) is 14.3 Å². The second-order valence-electron chi connectivity index (χ2n) is 7.98. The summed E-state index contributed by atoms with van der Waals surface area (Å²) >= 11 is 1.36. The number of amides is 1. The smallest absolute Gasteiger partial charge is 0.234 e. The molecule has 4 aromatic rings. The number of pyridine rings is 1. The van der Waals surface area contributed by atoms with Crippen LogP contribution in [0.1, 0.15) is 37.3 Å². The molecule has 7 heteroatoms. The largest absolute Gasteiger partial charge is 0.325 e. The number of hydrogen-bond donors (Lipinski definition) is 1. The molecule has 168 valence electrons. The maximum Gasteiger partial charge on any atom is 0.234 e. The third-order valence-electron chi connectivity index (χ3n) is 5.57. The lowest BCUT2D eigenvalue weighted by Crippen LogP contribution is -2.14. The summed E-state index contributed by atoms with van der Waals surface area (Å²) in [6.07, 6.45) is 4.55. The first kappa shape index (κ1) is 22.7. The Labute approximate surface area is 198 Å². The van der Waals surface area contributed by atoms with Crippen LogP contribution in [0.2, 0.25) is 0 Å². The van der Waals surface area contributed by atoms with Gasteiger partial charge in [-0.1, -0.05) is 55.4 Å². The summed E-state index contributed by atoms with van der Waals surface area (Å²) in [6.45, 7) is 6.43. The van der Waals surface area contributed by atoms with E-state index in [2.05, 4.69) is 65.5 Å². The minimum absolute atomic E-state index is 0.0831. The van der Waals surface area contributed by atoms with Gasteiger partial charge < -0.3 is 5.32 Å². The van der Waals surface area contributed by atoms with E-state index < -0.39 is 0 Å². The van der Waals surface area contributed by atoms with Crippen molar-refractivity contribution >= 4 is 23.4 Å². The van der Waals surface area contributed by atoms with Gasteiger partial charge in [0.1, 0.15) is 0 Å². The maximum absolute atomic E-state index is 12.6. The maximum atomic E-state index is 12.6. The predicted octanol–water partition coefficient (Wildman–Crippen LogP) is 5.88. The topological polar surface area (TPSA) is 72.7 Å². The van der Waals surface area contributed by atoms with Gasteiger partial charge in [0.2, 0.25) is 5.91 Å². The van der Waals surface area contributed by atoms with E-state index in [9.17, 15) is 4.79 Å². The van der Waals surface area contributed by atoms with Crippen LogP contribution in [-0.4, -0.2) is 31.4 Å². The normalized spacial score (nSPS) is 11.8. The highest BCUT2D eigenvalue weighted by Gasteiger charge is 2.17. The number of aryl methyl sites for hydroxylation is 1. The highest BCUT2D eigenvalue weighted by Crippen LogP contribution is 2.28. The quantitative estimate of drug-likeness (QED) is 0.334. The van der Waals surface area contributed by atoms with Crippen LogP contribution in [0.3, 0.4) is 0 Å². The van der Waals surface area contributed by atoms with Crippen LogP contribution in [0.4, 0.5) is 5.69 Å². The molecule has 2 aromatic carbocycles. The molecule has 2 heterocycles. The third-order valence-corrected chi connectivity index (χ3v) is 6.50. The van der Waals surface area contributed by atoms with Crippen molar-refractivity contribution in [1.29, 1.82) is 0 Å². The molecule has 0 radical (unpaired) electrons. The molecule has 1 amide bonds. The summed E-state index contributed by atoms with van der Waals surface area (Å²) in [5, 5.41) is 12.4. The molecular weight excluding hydrogens is 430 g/mol. The molecule has 0 spiro atoms. The van der Waals surface area contributed by atoms with Gasteiger partial charge in [0, 0.05) is 29.3 Å². The van der Waals surface area contributed by atoms with Crippen LogP contribution in [0.25, 0.3) is 17.1 Å². The van der Waals surface area contributed by atoms with Gasteiger partial charge in [0.05, 0.1) is 5.75 Å². The molecule has 4 rings (SSSR count). The molecule has 0 saturated carbocycles. The van der Waals surface area contributed by atoms with Crippen molar-refractivity contribution in [3.63, 3.8) is 0 Å². The van der Waals surface area contributed by atoms with Crippen LogP contribution in [0, 0.1) is 6.92 Å². The summed E-state index contributed by atoms with van der Waals surface area (Å²) in [5.74, 6) is 1.37. The lowest BCUT2D eigenvalue weighted by atomic mass is 9.99. The van der Waals surface area contributed by atoms with Gasteiger partial charge in [-0.25, -0.2) is 0 Å². The fourth-order valence-corrected chi connectivity index (χ4v) is 4.19. The lowest BCUT2D eigenvalue weighted by Gasteiger charge is -2.12. The van der Waals surface area contributed by atoms with Gasteiger partial charge in [0.15, 0.2) is 11.0 Å². The molecule has 1 atom stereocenters. The van der Waals surface area contributed by atoms with E-state index in [4.69, 9.17) is 0 Å². The van der Waals surface area contributed by atoms with Crippen LogP contribution >= 0.6 is 11.8 Å². The summed E-state index contributed by atoms with van der Waals surface area (Å²) in [7, 11) is 0.